The lowest BCUT2D eigenvalue weighted by Gasteiger charge is -2.25. The summed E-state index contributed by atoms with van der Waals surface area (Å²) in [4.78, 5) is 10.9. The maximum absolute atomic E-state index is 5.31. The number of hydrogen-bond donors (Lipinski definition) is 1. The molecule has 0 unspecified atom stereocenters. The van der Waals surface area contributed by atoms with Crippen molar-refractivity contribution in [2.75, 3.05) is 33.3 Å². The van der Waals surface area contributed by atoms with Crippen LogP contribution in [0.4, 0.5) is 0 Å². The monoisotopic (exact) mass is 275 g/mol. The third-order valence-electron chi connectivity index (χ3n) is 3.24. The molecule has 3 heterocycles. The Labute approximate surface area is 117 Å². The van der Waals surface area contributed by atoms with Crippen LogP contribution in [0.1, 0.15) is 5.82 Å². The van der Waals surface area contributed by atoms with Crippen molar-refractivity contribution in [3.8, 4) is 17.3 Å². The van der Waals surface area contributed by atoms with E-state index in [2.05, 4.69) is 25.3 Å². The van der Waals surface area contributed by atoms with Gasteiger partial charge >= 0.3 is 0 Å². The third-order valence-corrected chi connectivity index (χ3v) is 3.24. The molecule has 1 aliphatic rings. The summed E-state index contributed by atoms with van der Waals surface area (Å²) >= 11 is 0. The Bertz CT molecular complexity index is 565. The van der Waals surface area contributed by atoms with Gasteiger partial charge in [-0.1, -0.05) is 5.16 Å². The fourth-order valence-electron chi connectivity index (χ4n) is 2.21. The van der Waals surface area contributed by atoms with Crippen LogP contribution in [0.2, 0.25) is 0 Å². The van der Waals surface area contributed by atoms with Crippen molar-refractivity contribution in [1.82, 2.24) is 25.3 Å². The molecule has 0 atom stereocenters. The topological polar surface area (TPSA) is 76.3 Å². The van der Waals surface area contributed by atoms with Crippen LogP contribution in [0.15, 0.2) is 22.9 Å². The van der Waals surface area contributed by atoms with Crippen LogP contribution in [0.3, 0.4) is 0 Å². The molecule has 7 heteroatoms. The summed E-state index contributed by atoms with van der Waals surface area (Å²) in [5.41, 5.74) is 0.717. The molecule has 20 heavy (non-hydrogen) atoms. The molecule has 1 aliphatic heterocycles. The lowest BCUT2D eigenvalue weighted by molar-refractivity contribution is 0.225. The molecule has 1 saturated heterocycles. The second kappa shape index (κ2) is 5.98. The van der Waals surface area contributed by atoms with E-state index in [-0.39, 0.29) is 0 Å². The van der Waals surface area contributed by atoms with E-state index in [1.807, 2.05) is 12.1 Å². The minimum Gasteiger partial charge on any atom is -0.480 e. The van der Waals surface area contributed by atoms with Gasteiger partial charge in [0, 0.05) is 32.4 Å². The summed E-state index contributed by atoms with van der Waals surface area (Å²) in [6.45, 7) is 4.70. The van der Waals surface area contributed by atoms with Crippen molar-refractivity contribution in [3.63, 3.8) is 0 Å². The number of ether oxygens (including phenoxy) is 1. The highest BCUT2D eigenvalue weighted by Gasteiger charge is 2.17. The highest BCUT2D eigenvalue weighted by atomic mass is 16.5. The summed E-state index contributed by atoms with van der Waals surface area (Å²) in [5, 5.41) is 7.35. The first-order valence-electron chi connectivity index (χ1n) is 6.62. The zero-order valence-electron chi connectivity index (χ0n) is 11.4. The molecule has 7 nitrogen and oxygen atoms in total. The zero-order chi connectivity index (χ0) is 13.8. The molecule has 2 aromatic rings. The molecule has 1 fully saturated rings. The van der Waals surface area contributed by atoms with Gasteiger partial charge < -0.3 is 14.6 Å². The number of pyridine rings is 1. The predicted octanol–water partition coefficient (Wildman–Crippen LogP) is 0.545. The van der Waals surface area contributed by atoms with Gasteiger partial charge in [-0.25, -0.2) is 4.98 Å². The number of hydrogen-bond acceptors (Lipinski definition) is 7. The highest BCUT2D eigenvalue weighted by Crippen LogP contribution is 2.25. The van der Waals surface area contributed by atoms with E-state index in [9.17, 15) is 0 Å². The molecule has 1 N–H and O–H groups in total. The number of aromatic nitrogens is 3. The van der Waals surface area contributed by atoms with Crippen molar-refractivity contribution >= 4 is 0 Å². The third kappa shape index (κ3) is 2.78. The molecule has 0 bridgehead atoms. The average Bonchev–Trinajstić information content (AvgIpc) is 2.96. The molecule has 0 saturated carbocycles. The Morgan fingerprint density at radius 2 is 2.25 bits per heavy atom. The van der Waals surface area contributed by atoms with Crippen molar-refractivity contribution in [2.24, 2.45) is 0 Å². The summed E-state index contributed by atoms with van der Waals surface area (Å²) in [6, 6.07) is 3.67. The molecule has 0 radical (unpaired) electrons. The first-order valence-corrected chi connectivity index (χ1v) is 6.62. The smallest absolute Gasteiger partial charge is 0.263 e. The first kappa shape index (κ1) is 13.0. The van der Waals surface area contributed by atoms with Gasteiger partial charge in [0.25, 0.3) is 5.89 Å². The zero-order valence-corrected chi connectivity index (χ0v) is 11.4. The van der Waals surface area contributed by atoms with Gasteiger partial charge in [0.05, 0.1) is 13.7 Å². The molecular formula is C13H17N5O2. The SMILES string of the molecule is COc1ncccc1-c1nc(CN2CCNCC2)no1. The summed E-state index contributed by atoms with van der Waals surface area (Å²) in [7, 11) is 1.57. The Morgan fingerprint density at radius 1 is 1.40 bits per heavy atom. The maximum Gasteiger partial charge on any atom is 0.263 e. The van der Waals surface area contributed by atoms with Crippen LogP contribution in [0, 0.1) is 0 Å². The summed E-state index contributed by atoms with van der Waals surface area (Å²) < 4.78 is 10.5. The molecule has 0 aliphatic carbocycles. The van der Waals surface area contributed by atoms with Gasteiger partial charge in [0.2, 0.25) is 5.88 Å². The van der Waals surface area contributed by atoms with Crippen LogP contribution in [0.5, 0.6) is 5.88 Å². The standard InChI is InChI=1S/C13H17N5O2/c1-19-12-10(3-2-4-15-12)13-16-11(17-20-13)9-18-7-5-14-6-8-18/h2-4,14H,5-9H2,1H3. The van der Waals surface area contributed by atoms with Crippen LogP contribution >= 0.6 is 0 Å². The van der Waals surface area contributed by atoms with E-state index in [0.717, 1.165) is 26.2 Å². The fourth-order valence-corrected chi connectivity index (χ4v) is 2.21. The predicted molar refractivity (Wildman–Crippen MR) is 72.2 cm³/mol. The lowest BCUT2D eigenvalue weighted by Crippen LogP contribution is -2.43. The Kier molecular flexibility index (Phi) is 3.89. The van der Waals surface area contributed by atoms with E-state index in [1.54, 1.807) is 13.3 Å². The number of rotatable bonds is 4. The van der Waals surface area contributed by atoms with Crippen LogP contribution < -0.4 is 10.1 Å². The largest absolute Gasteiger partial charge is 0.480 e. The quantitative estimate of drug-likeness (QED) is 0.873. The lowest BCUT2D eigenvalue weighted by atomic mass is 10.2. The number of nitrogens with zero attached hydrogens (tertiary/aromatic N) is 4. The molecule has 0 amide bonds. The second-order valence-corrected chi connectivity index (χ2v) is 4.60. The maximum atomic E-state index is 5.31. The van der Waals surface area contributed by atoms with E-state index >= 15 is 0 Å². The molecule has 0 spiro atoms. The molecule has 106 valence electrons. The van der Waals surface area contributed by atoms with E-state index in [0.29, 0.717) is 29.7 Å². The molecule has 0 aromatic carbocycles. The normalized spacial score (nSPS) is 16.2. The van der Waals surface area contributed by atoms with Crippen molar-refractivity contribution in [2.45, 2.75) is 6.54 Å². The van der Waals surface area contributed by atoms with E-state index in [1.165, 1.54) is 0 Å². The minimum atomic E-state index is 0.445. The summed E-state index contributed by atoms with van der Waals surface area (Å²) in [6.07, 6.45) is 1.67. The van der Waals surface area contributed by atoms with Gasteiger partial charge in [-0.15, -0.1) is 0 Å². The van der Waals surface area contributed by atoms with Gasteiger partial charge in [-0.2, -0.15) is 4.98 Å². The Hall–Kier alpha value is -1.99. The molecule has 3 rings (SSSR count). The van der Waals surface area contributed by atoms with Gasteiger partial charge in [0.15, 0.2) is 5.82 Å². The second-order valence-electron chi connectivity index (χ2n) is 4.60. The number of piperazine rings is 1. The van der Waals surface area contributed by atoms with Crippen molar-refractivity contribution < 1.29 is 9.26 Å². The van der Waals surface area contributed by atoms with Gasteiger partial charge in [0.1, 0.15) is 5.56 Å². The highest BCUT2D eigenvalue weighted by molar-refractivity contribution is 5.59. The fraction of sp³-hybridized carbons (Fsp3) is 0.462. The number of nitrogens with one attached hydrogen (secondary N) is 1. The van der Waals surface area contributed by atoms with Gasteiger partial charge in [-0.3, -0.25) is 4.90 Å². The van der Waals surface area contributed by atoms with Crippen molar-refractivity contribution in [3.05, 3.63) is 24.2 Å². The van der Waals surface area contributed by atoms with E-state index in [4.69, 9.17) is 9.26 Å². The van der Waals surface area contributed by atoms with Crippen LogP contribution in [-0.4, -0.2) is 53.3 Å². The number of methoxy groups -OCH3 is 1. The van der Waals surface area contributed by atoms with E-state index < -0.39 is 0 Å². The molecule has 2 aromatic heterocycles. The minimum absolute atomic E-state index is 0.445. The molecular weight excluding hydrogens is 258 g/mol. The van der Waals surface area contributed by atoms with Crippen molar-refractivity contribution in [1.29, 1.82) is 0 Å². The first-order chi connectivity index (χ1) is 9.86. The van der Waals surface area contributed by atoms with Gasteiger partial charge in [-0.05, 0) is 12.1 Å². The van der Waals surface area contributed by atoms with Crippen LogP contribution in [-0.2, 0) is 6.54 Å². The Morgan fingerprint density at radius 3 is 3.05 bits per heavy atom. The average molecular weight is 275 g/mol. The summed E-state index contributed by atoms with van der Waals surface area (Å²) in [5.74, 6) is 1.62. The van der Waals surface area contributed by atoms with Crippen LogP contribution in [0.25, 0.3) is 11.5 Å². The Balaban J connectivity index is 1.75.